The van der Waals surface area contributed by atoms with Crippen LogP contribution in [-0.2, 0) is 9.53 Å². The summed E-state index contributed by atoms with van der Waals surface area (Å²) in [4.78, 5) is 11.3. The van der Waals surface area contributed by atoms with Gasteiger partial charge in [-0.15, -0.1) is 0 Å². The van der Waals surface area contributed by atoms with Crippen molar-refractivity contribution in [3.63, 3.8) is 0 Å². The Morgan fingerprint density at radius 3 is 2.00 bits per heavy atom. The summed E-state index contributed by atoms with van der Waals surface area (Å²) < 4.78 is 4.93. The van der Waals surface area contributed by atoms with Crippen LogP contribution in [0.5, 0.6) is 0 Å². The van der Waals surface area contributed by atoms with Gasteiger partial charge in [-0.1, -0.05) is 27.7 Å². The maximum Gasteiger partial charge on any atom is 0.310 e. The van der Waals surface area contributed by atoms with E-state index in [4.69, 9.17) is 4.74 Å². The Morgan fingerprint density at radius 1 is 1.25 bits per heavy atom. The number of carbonyl (C=O) groups is 1. The zero-order valence-corrected chi connectivity index (χ0v) is 11.1. The second-order valence-electron chi connectivity index (χ2n) is 5.92. The van der Waals surface area contributed by atoms with Crippen LogP contribution in [0.1, 0.15) is 48.0 Å². The molecular formula is C12H24O4. The molecule has 0 aliphatic heterocycles. The summed E-state index contributed by atoms with van der Waals surface area (Å²) in [6.07, 6.45) is -0.860. The molecule has 0 aliphatic carbocycles. The summed E-state index contributed by atoms with van der Waals surface area (Å²) in [5.74, 6) is -0.705. The molecule has 0 saturated heterocycles. The lowest BCUT2D eigenvalue weighted by molar-refractivity contribution is -0.198. The van der Waals surface area contributed by atoms with Crippen LogP contribution in [0.4, 0.5) is 0 Å². The molecule has 0 spiro atoms. The van der Waals surface area contributed by atoms with Crippen molar-refractivity contribution in [2.24, 2.45) is 11.3 Å². The lowest BCUT2D eigenvalue weighted by atomic mass is 9.81. The molecule has 0 rings (SSSR count). The first-order chi connectivity index (χ1) is 6.96. The number of hydrogen-bond donors (Lipinski definition) is 2. The van der Waals surface area contributed by atoms with Crippen molar-refractivity contribution in [1.82, 2.24) is 0 Å². The number of esters is 1. The third-order valence-electron chi connectivity index (χ3n) is 2.26. The number of aliphatic hydroxyl groups excluding tert-OH is 1. The smallest absolute Gasteiger partial charge is 0.310 e. The molecule has 1 atom stereocenters. The summed E-state index contributed by atoms with van der Waals surface area (Å²) in [5.41, 5.74) is -1.59. The molecule has 0 amide bonds. The molecule has 0 heterocycles. The van der Waals surface area contributed by atoms with Gasteiger partial charge in [0.05, 0.1) is 11.5 Å². The first-order valence-corrected chi connectivity index (χ1v) is 5.56. The summed E-state index contributed by atoms with van der Waals surface area (Å²) in [5, 5.41) is 19.5. The van der Waals surface area contributed by atoms with Gasteiger partial charge < -0.3 is 14.9 Å². The first kappa shape index (κ1) is 15.4. The van der Waals surface area contributed by atoms with E-state index in [1.807, 2.05) is 0 Å². The van der Waals surface area contributed by atoms with E-state index in [0.717, 1.165) is 0 Å². The highest BCUT2D eigenvalue weighted by molar-refractivity contribution is 5.71. The molecule has 0 aromatic rings. The van der Waals surface area contributed by atoms with E-state index >= 15 is 0 Å². The Labute approximate surface area is 97.6 Å². The molecule has 1 unspecified atom stereocenters. The van der Waals surface area contributed by atoms with Gasteiger partial charge in [0.2, 0.25) is 6.29 Å². The van der Waals surface area contributed by atoms with Crippen molar-refractivity contribution in [2.45, 2.75) is 59.9 Å². The van der Waals surface area contributed by atoms with Gasteiger partial charge in [0.25, 0.3) is 0 Å². The maximum atomic E-state index is 11.3. The molecule has 0 aromatic heterocycles. The molecule has 4 heteroatoms. The van der Waals surface area contributed by atoms with Crippen LogP contribution in [0.3, 0.4) is 0 Å². The van der Waals surface area contributed by atoms with E-state index in [1.54, 1.807) is 41.5 Å². The van der Waals surface area contributed by atoms with Crippen LogP contribution >= 0.6 is 0 Å². The minimum absolute atomic E-state index is 0.271. The third-order valence-corrected chi connectivity index (χ3v) is 2.26. The maximum absolute atomic E-state index is 11.3. The molecule has 96 valence electrons. The largest absolute Gasteiger partial charge is 0.435 e. The van der Waals surface area contributed by atoms with E-state index in [0.29, 0.717) is 6.42 Å². The van der Waals surface area contributed by atoms with E-state index in [1.165, 1.54) is 0 Å². The number of ether oxygens (including phenoxy) is 1. The minimum Gasteiger partial charge on any atom is -0.435 e. The minimum atomic E-state index is -1.20. The molecular weight excluding hydrogens is 208 g/mol. The fourth-order valence-corrected chi connectivity index (χ4v) is 1.61. The van der Waals surface area contributed by atoms with Gasteiger partial charge in [0.1, 0.15) is 0 Å². The monoisotopic (exact) mass is 232 g/mol. The standard InChI is InChI=1S/C12H24O4/c1-8(2)9(13)16-10(14)11(3,4)7-12(5,6)15/h8,10,14-15H,7H2,1-6H3. The third kappa shape index (κ3) is 5.47. The van der Waals surface area contributed by atoms with Crippen molar-refractivity contribution in [3.8, 4) is 0 Å². The average Bonchev–Trinajstić information content (AvgIpc) is 1.98. The topological polar surface area (TPSA) is 66.8 Å². The van der Waals surface area contributed by atoms with E-state index in [9.17, 15) is 15.0 Å². The number of hydrogen-bond acceptors (Lipinski definition) is 4. The molecule has 0 fully saturated rings. The highest BCUT2D eigenvalue weighted by atomic mass is 16.6. The zero-order chi connectivity index (χ0) is 13.1. The van der Waals surface area contributed by atoms with Gasteiger partial charge in [-0.2, -0.15) is 0 Å². The second-order valence-corrected chi connectivity index (χ2v) is 5.92. The average molecular weight is 232 g/mol. The van der Waals surface area contributed by atoms with Crippen LogP contribution in [0.2, 0.25) is 0 Å². The summed E-state index contributed by atoms with van der Waals surface area (Å²) in [6, 6.07) is 0. The highest BCUT2D eigenvalue weighted by Gasteiger charge is 2.36. The van der Waals surface area contributed by atoms with Gasteiger partial charge in [-0.25, -0.2) is 0 Å². The van der Waals surface area contributed by atoms with Crippen LogP contribution in [0.25, 0.3) is 0 Å². The molecule has 0 saturated carbocycles. The lowest BCUT2D eigenvalue weighted by Crippen LogP contribution is -2.40. The number of aliphatic hydroxyl groups is 2. The molecule has 16 heavy (non-hydrogen) atoms. The van der Waals surface area contributed by atoms with Gasteiger partial charge in [0, 0.05) is 5.41 Å². The Kier molecular flexibility index (Phi) is 4.95. The van der Waals surface area contributed by atoms with Crippen LogP contribution < -0.4 is 0 Å². The van der Waals surface area contributed by atoms with Gasteiger partial charge in [-0.3, -0.25) is 4.79 Å². The predicted molar refractivity (Wildman–Crippen MR) is 61.6 cm³/mol. The predicted octanol–water partition coefficient (Wildman–Crippen LogP) is 1.69. The van der Waals surface area contributed by atoms with Crippen LogP contribution in [-0.4, -0.2) is 28.1 Å². The van der Waals surface area contributed by atoms with Crippen molar-refractivity contribution in [3.05, 3.63) is 0 Å². The van der Waals surface area contributed by atoms with Gasteiger partial charge in [0.15, 0.2) is 0 Å². The molecule has 0 aromatic carbocycles. The lowest BCUT2D eigenvalue weighted by Gasteiger charge is -2.34. The fourth-order valence-electron chi connectivity index (χ4n) is 1.61. The Bertz CT molecular complexity index is 238. The highest BCUT2D eigenvalue weighted by Crippen LogP contribution is 2.32. The molecule has 0 radical (unpaired) electrons. The number of rotatable bonds is 5. The Balaban J connectivity index is 4.46. The SMILES string of the molecule is CC(C)C(=O)OC(O)C(C)(C)CC(C)(C)O. The van der Waals surface area contributed by atoms with E-state index in [-0.39, 0.29) is 5.92 Å². The van der Waals surface area contributed by atoms with Crippen molar-refractivity contribution >= 4 is 5.97 Å². The van der Waals surface area contributed by atoms with Crippen LogP contribution in [0, 0.1) is 11.3 Å². The Hall–Kier alpha value is -0.610. The molecule has 2 N–H and O–H groups in total. The zero-order valence-electron chi connectivity index (χ0n) is 11.1. The van der Waals surface area contributed by atoms with Crippen molar-refractivity contribution in [1.29, 1.82) is 0 Å². The van der Waals surface area contributed by atoms with E-state index < -0.39 is 23.3 Å². The van der Waals surface area contributed by atoms with E-state index in [2.05, 4.69) is 0 Å². The molecule has 4 nitrogen and oxygen atoms in total. The molecule has 0 bridgehead atoms. The molecule has 0 aliphatic rings. The summed E-state index contributed by atoms with van der Waals surface area (Å²) >= 11 is 0. The summed E-state index contributed by atoms with van der Waals surface area (Å²) in [7, 11) is 0. The van der Waals surface area contributed by atoms with Crippen molar-refractivity contribution < 1.29 is 19.7 Å². The normalized spacial score (nSPS) is 15.1. The van der Waals surface area contributed by atoms with Crippen molar-refractivity contribution in [2.75, 3.05) is 0 Å². The van der Waals surface area contributed by atoms with Crippen LogP contribution in [0.15, 0.2) is 0 Å². The van der Waals surface area contributed by atoms with Gasteiger partial charge >= 0.3 is 5.97 Å². The fraction of sp³-hybridized carbons (Fsp3) is 0.917. The number of carbonyl (C=O) groups excluding carboxylic acids is 1. The Morgan fingerprint density at radius 2 is 1.69 bits per heavy atom. The van der Waals surface area contributed by atoms with Gasteiger partial charge in [-0.05, 0) is 20.3 Å². The quantitative estimate of drug-likeness (QED) is 0.559. The first-order valence-electron chi connectivity index (χ1n) is 5.56. The summed E-state index contributed by atoms with van der Waals surface area (Å²) in [6.45, 7) is 10.2. The second kappa shape index (κ2) is 5.15.